The van der Waals surface area contributed by atoms with Crippen molar-refractivity contribution in [3.8, 4) is 0 Å². The lowest BCUT2D eigenvalue weighted by molar-refractivity contribution is -0.138. The summed E-state index contributed by atoms with van der Waals surface area (Å²) in [6.45, 7) is 5.00. The van der Waals surface area contributed by atoms with Gasteiger partial charge >= 0.3 is 0 Å². The smallest absolute Gasteiger partial charge is 0.245 e. The minimum Gasteiger partial charge on any atom is -0.344 e. The molecule has 2 aromatic rings. The molecule has 0 spiro atoms. The number of hydrogen-bond acceptors (Lipinski definition) is 4. The fourth-order valence-corrected chi connectivity index (χ4v) is 5.48. The lowest BCUT2D eigenvalue weighted by Crippen LogP contribution is -2.53. The summed E-state index contributed by atoms with van der Waals surface area (Å²) in [7, 11) is -3.55. The van der Waals surface area contributed by atoms with Gasteiger partial charge in [0.05, 0.1) is 10.6 Å². The third-order valence-electron chi connectivity index (χ3n) is 6.10. The second-order valence-electron chi connectivity index (χ2n) is 8.82. The number of carbonyl (C=O) groups excluding carboxylic acids is 2. The second-order valence-corrected chi connectivity index (χ2v) is 11.4. The molecule has 1 aliphatic rings. The highest BCUT2D eigenvalue weighted by Gasteiger charge is 2.31. The van der Waals surface area contributed by atoms with Gasteiger partial charge in [-0.2, -0.15) is 0 Å². The Bertz CT molecular complexity index is 1050. The van der Waals surface area contributed by atoms with Crippen LogP contribution in [0.4, 0.5) is 0 Å². The molecule has 2 amide bonds. The van der Waals surface area contributed by atoms with Crippen molar-refractivity contribution < 1.29 is 18.0 Å². The minimum absolute atomic E-state index is 0.110. The molecule has 1 heterocycles. The summed E-state index contributed by atoms with van der Waals surface area (Å²) in [4.78, 5) is 27.7. The van der Waals surface area contributed by atoms with Crippen molar-refractivity contribution in [1.82, 2.24) is 10.2 Å². The minimum atomic E-state index is -3.55. The monoisotopic (exact) mass is 490 g/mol. The molecule has 6 nitrogen and oxygen atoms in total. The Morgan fingerprint density at radius 2 is 1.64 bits per heavy atom. The molecule has 0 aromatic heterocycles. The van der Waals surface area contributed by atoms with Crippen LogP contribution in [-0.2, 0) is 19.4 Å². The van der Waals surface area contributed by atoms with Gasteiger partial charge in [-0.1, -0.05) is 55.8 Å². The third-order valence-corrected chi connectivity index (χ3v) is 8.08. The van der Waals surface area contributed by atoms with Crippen LogP contribution < -0.4 is 5.32 Å². The number of carbonyl (C=O) groups is 2. The first-order valence-corrected chi connectivity index (χ1v) is 13.3. The van der Waals surface area contributed by atoms with Gasteiger partial charge in [0.15, 0.2) is 9.84 Å². The quantitative estimate of drug-likeness (QED) is 0.605. The van der Waals surface area contributed by atoms with E-state index in [0.717, 1.165) is 12.8 Å². The predicted octanol–water partition coefficient (Wildman–Crippen LogP) is 4.05. The zero-order chi connectivity index (χ0) is 24.0. The lowest BCUT2D eigenvalue weighted by atomic mass is 9.89. The maximum atomic E-state index is 13.2. The number of hydrogen-bond donors (Lipinski definition) is 1. The van der Waals surface area contributed by atoms with Crippen LogP contribution in [0, 0.1) is 5.92 Å². The second kappa shape index (κ2) is 11.2. The summed E-state index contributed by atoms with van der Waals surface area (Å²) < 4.78 is 24.9. The van der Waals surface area contributed by atoms with Gasteiger partial charge in [-0.3, -0.25) is 9.59 Å². The lowest BCUT2D eigenvalue weighted by Gasteiger charge is -2.35. The van der Waals surface area contributed by atoms with Gasteiger partial charge in [-0.05, 0) is 54.5 Å². The Hall–Kier alpha value is -2.38. The van der Waals surface area contributed by atoms with Crippen molar-refractivity contribution in [1.29, 1.82) is 0 Å². The van der Waals surface area contributed by atoms with Gasteiger partial charge in [0.2, 0.25) is 11.8 Å². The van der Waals surface area contributed by atoms with Crippen LogP contribution in [0.2, 0.25) is 5.02 Å². The van der Waals surface area contributed by atoms with E-state index in [-0.39, 0.29) is 28.9 Å². The van der Waals surface area contributed by atoms with Crippen LogP contribution in [0.3, 0.4) is 0 Å². The number of piperidine rings is 1. The molecule has 3 rings (SSSR count). The first-order valence-electron chi connectivity index (χ1n) is 11.3. The van der Waals surface area contributed by atoms with E-state index < -0.39 is 21.8 Å². The van der Waals surface area contributed by atoms with Crippen molar-refractivity contribution in [2.45, 2.75) is 50.0 Å². The van der Waals surface area contributed by atoms with E-state index in [1.165, 1.54) is 17.7 Å². The fourth-order valence-electron chi connectivity index (χ4n) is 4.10. The van der Waals surface area contributed by atoms with Crippen molar-refractivity contribution in [3.63, 3.8) is 0 Å². The van der Waals surface area contributed by atoms with Crippen molar-refractivity contribution in [3.05, 3.63) is 65.2 Å². The van der Waals surface area contributed by atoms with Gasteiger partial charge < -0.3 is 10.2 Å². The van der Waals surface area contributed by atoms with Crippen LogP contribution in [0.5, 0.6) is 0 Å². The Kier molecular flexibility index (Phi) is 8.54. The summed E-state index contributed by atoms with van der Waals surface area (Å²) in [5.41, 5.74) is 1.22. The van der Waals surface area contributed by atoms with E-state index in [2.05, 4.69) is 5.32 Å². The summed E-state index contributed by atoms with van der Waals surface area (Å²) in [5, 5.41) is 3.48. The van der Waals surface area contributed by atoms with Crippen LogP contribution in [0.25, 0.3) is 0 Å². The highest BCUT2D eigenvalue weighted by molar-refractivity contribution is 7.91. The molecule has 0 aliphatic carbocycles. The zero-order valence-corrected chi connectivity index (χ0v) is 20.6. The van der Waals surface area contributed by atoms with Gasteiger partial charge in [0.1, 0.15) is 6.04 Å². The molecule has 178 valence electrons. The predicted molar refractivity (Wildman–Crippen MR) is 130 cm³/mol. The molecule has 1 aliphatic heterocycles. The number of amides is 2. The Labute approximate surface area is 201 Å². The molecule has 1 N–H and O–H groups in total. The van der Waals surface area contributed by atoms with Crippen molar-refractivity contribution in [2.24, 2.45) is 5.92 Å². The van der Waals surface area contributed by atoms with Crippen LogP contribution >= 0.6 is 11.6 Å². The Balaban J connectivity index is 1.54. The van der Waals surface area contributed by atoms with E-state index >= 15 is 0 Å². The Morgan fingerprint density at radius 1 is 1.03 bits per heavy atom. The molecule has 1 saturated heterocycles. The van der Waals surface area contributed by atoms with Gasteiger partial charge in [0.25, 0.3) is 0 Å². The highest BCUT2D eigenvalue weighted by atomic mass is 35.5. The molecule has 1 unspecified atom stereocenters. The molecular weight excluding hydrogens is 460 g/mol. The molecule has 1 atom stereocenters. The van der Waals surface area contributed by atoms with Crippen molar-refractivity contribution >= 4 is 33.3 Å². The highest BCUT2D eigenvalue weighted by Crippen LogP contribution is 2.29. The van der Waals surface area contributed by atoms with E-state index in [1.807, 2.05) is 38.1 Å². The average Bonchev–Trinajstić information content (AvgIpc) is 2.82. The van der Waals surface area contributed by atoms with Gasteiger partial charge in [0, 0.05) is 24.5 Å². The summed E-state index contributed by atoms with van der Waals surface area (Å²) in [6, 6.07) is 15.2. The number of halogens is 1. The van der Waals surface area contributed by atoms with Crippen molar-refractivity contribution in [2.75, 3.05) is 18.8 Å². The maximum Gasteiger partial charge on any atom is 0.245 e. The summed E-state index contributed by atoms with van der Waals surface area (Å²) in [5.74, 6) is -0.576. The molecule has 33 heavy (non-hydrogen) atoms. The molecule has 8 heteroatoms. The topological polar surface area (TPSA) is 83.5 Å². The number of rotatable bonds is 8. The van der Waals surface area contributed by atoms with Crippen LogP contribution in [-0.4, -0.2) is 50.0 Å². The largest absolute Gasteiger partial charge is 0.344 e. The number of benzene rings is 2. The molecule has 2 aromatic carbocycles. The Morgan fingerprint density at radius 3 is 2.21 bits per heavy atom. The first-order chi connectivity index (χ1) is 15.7. The third kappa shape index (κ3) is 6.81. The molecule has 0 radical (unpaired) electrons. The number of nitrogens with zero attached hydrogens (tertiary/aromatic N) is 1. The van der Waals surface area contributed by atoms with Gasteiger partial charge in [-0.15, -0.1) is 0 Å². The van der Waals surface area contributed by atoms with Crippen LogP contribution in [0.1, 0.15) is 44.6 Å². The summed E-state index contributed by atoms with van der Waals surface area (Å²) in [6.07, 6.45) is 1.51. The number of sulfone groups is 1. The van der Waals surface area contributed by atoms with E-state index in [1.54, 1.807) is 23.1 Å². The average molecular weight is 491 g/mol. The van der Waals surface area contributed by atoms with E-state index in [9.17, 15) is 18.0 Å². The molecule has 1 fully saturated rings. The van der Waals surface area contributed by atoms with E-state index in [4.69, 9.17) is 11.6 Å². The number of nitrogens with one attached hydrogen (secondary N) is 1. The molecule has 0 saturated carbocycles. The van der Waals surface area contributed by atoms with Gasteiger partial charge in [-0.25, -0.2) is 8.42 Å². The standard InChI is InChI=1S/C25H31ClN2O4S/c1-18(2)24(27-23(29)14-17-33(31,32)22-6-4-3-5-7-22)25(30)28-15-12-20(13-16-28)19-8-10-21(26)11-9-19/h3-11,18,20,24H,12-17H2,1-2H3,(H,27,29). The zero-order valence-electron chi connectivity index (χ0n) is 19.0. The fraction of sp³-hybridized carbons (Fsp3) is 0.440. The molecule has 0 bridgehead atoms. The molecular formula is C25H31ClN2O4S. The first kappa shape index (κ1) is 25.2. The summed E-state index contributed by atoms with van der Waals surface area (Å²) >= 11 is 5.98. The SMILES string of the molecule is CC(C)C(NC(=O)CCS(=O)(=O)c1ccccc1)C(=O)N1CCC(c2ccc(Cl)cc2)CC1. The van der Waals surface area contributed by atoms with Crippen LogP contribution in [0.15, 0.2) is 59.5 Å². The normalized spacial score (nSPS) is 15.9. The number of likely N-dealkylation sites (tertiary alicyclic amines) is 1. The maximum absolute atomic E-state index is 13.2. The van der Waals surface area contributed by atoms with E-state index in [0.29, 0.717) is 24.0 Å².